The second-order valence-electron chi connectivity index (χ2n) is 6.27. The third kappa shape index (κ3) is 2.79. The molecule has 2 unspecified atom stereocenters. The minimum atomic E-state index is -0.830. The van der Waals surface area contributed by atoms with E-state index >= 15 is 0 Å². The van der Waals surface area contributed by atoms with E-state index in [2.05, 4.69) is 17.4 Å². The van der Waals surface area contributed by atoms with E-state index in [1.165, 1.54) is 10.5 Å². The molecule has 2 amide bonds. The van der Waals surface area contributed by atoms with Gasteiger partial charge >= 0.3 is 12.0 Å². The first kappa shape index (κ1) is 15.2. The van der Waals surface area contributed by atoms with Crippen LogP contribution in [0.4, 0.5) is 4.79 Å². The molecule has 1 aromatic rings. The lowest BCUT2D eigenvalue weighted by atomic mass is 9.90. The first-order valence-corrected chi connectivity index (χ1v) is 8.46. The van der Waals surface area contributed by atoms with Gasteiger partial charge in [0, 0.05) is 36.2 Å². The van der Waals surface area contributed by atoms with Crippen LogP contribution < -0.4 is 5.32 Å². The molecular formula is C16H20N2O3S. The normalized spacial score (nSPS) is 26.8. The van der Waals surface area contributed by atoms with Crippen LogP contribution in [0.2, 0.25) is 0 Å². The summed E-state index contributed by atoms with van der Waals surface area (Å²) in [6.07, 6.45) is 0.512. The van der Waals surface area contributed by atoms with Gasteiger partial charge in [0.25, 0.3) is 0 Å². The predicted molar refractivity (Wildman–Crippen MR) is 85.2 cm³/mol. The number of aliphatic carboxylic acids is 1. The lowest BCUT2D eigenvalue weighted by Crippen LogP contribution is -2.42. The molecule has 6 heteroatoms. The number of carbonyl (C=O) groups excluding carboxylic acids is 1. The minimum Gasteiger partial charge on any atom is -0.481 e. The zero-order chi connectivity index (χ0) is 15.7. The molecule has 0 radical (unpaired) electrons. The van der Waals surface area contributed by atoms with Gasteiger partial charge in [-0.1, -0.05) is 18.2 Å². The number of hydrogen-bond donors (Lipinski definition) is 2. The van der Waals surface area contributed by atoms with Gasteiger partial charge in [0.1, 0.15) is 0 Å². The van der Waals surface area contributed by atoms with E-state index in [-0.39, 0.29) is 12.6 Å². The molecule has 2 aliphatic heterocycles. The van der Waals surface area contributed by atoms with Crippen molar-refractivity contribution in [2.45, 2.75) is 24.2 Å². The van der Waals surface area contributed by atoms with Gasteiger partial charge in [0.05, 0.1) is 5.41 Å². The van der Waals surface area contributed by atoms with Gasteiger partial charge in [-0.25, -0.2) is 4.79 Å². The molecule has 2 N–H and O–H groups in total. The van der Waals surface area contributed by atoms with Crippen molar-refractivity contribution in [3.8, 4) is 0 Å². The third-order valence-electron chi connectivity index (χ3n) is 4.58. The third-order valence-corrected chi connectivity index (χ3v) is 5.83. The number of nitrogens with one attached hydrogen (secondary N) is 1. The first-order valence-electron chi connectivity index (χ1n) is 7.47. The zero-order valence-corrected chi connectivity index (χ0v) is 13.4. The molecular weight excluding hydrogens is 300 g/mol. The molecule has 0 bridgehead atoms. The lowest BCUT2D eigenvalue weighted by molar-refractivity contribution is -0.146. The number of nitrogens with zero attached hydrogens (tertiary/aromatic N) is 1. The molecule has 0 saturated carbocycles. The summed E-state index contributed by atoms with van der Waals surface area (Å²) >= 11 is 1.82. The Balaban J connectivity index is 1.55. The summed E-state index contributed by atoms with van der Waals surface area (Å²) in [4.78, 5) is 26.4. The van der Waals surface area contributed by atoms with Gasteiger partial charge in [-0.2, -0.15) is 0 Å². The number of thioether (sulfide) groups is 1. The topological polar surface area (TPSA) is 69.6 Å². The SMILES string of the molecule is CC1(C(=O)O)CCN(C(=O)NCC2CSc3ccccc32)C1. The molecule has 1 fully saturated rings. The molecule has 22 heavy (non-hydrogen) atoms. The Morgan fingerprint density at radius 1 is 1.45 bits per heavy atom. The van der Waals surface area contributed by atoms with Crippen LogP contribution in [-0.2, 0) is 4.79 Å². The number of likely N-dealkylation sites (tertiary alicyclic amines) is 1. The predicted octanol–water partition coefficient (Wildman–Crippen LogP) is 2.38. The fourth-order valence-electron chi connectivity index (χ4n) is 3.03. The maximum Gasteiger partial charge on any atom is 0.317 e. The maximum absolute atomic E-state index is 12.2. The van der Waals surface area contributed by atoms with Crippen molar-refractivity contribution in [3.05, 3.63) is 29.8 Å². The number of amides is 2. The Morgan fingerprint density at radius 2 is 2.23 bits per heavy atom. The Bertz CT molecular complexity index is 607. The number of hydrogen-bond acceptors (Lipinski definition) is 3. The number of fused-ring (bicyclic) bond motifs is 1. The number of carboxylic acid groups (broad SMARTS) is 1. The summed E-state index contributed by atoms with van der Waals surface area (Å²) in [5.41, 5.74) is 0.484. The van der Waals surface area contributed by atoms with E-state index in [1.807, 2.05) is 23.9 Å². The first-order chi connectivity index (χ1) is 10.5. The number of carbonyl (C=O) groups is 2. The van der Waals surface area contributed by atoms with Crippen LogP contribution in [0, 0.1) is 5.41 Å². The van der Waals surface area contributed by atoms with Crippen LogP contribution in [0.1, 0.15) is 24.8 Å². The van der Waals surface area contributed by atoms with Crippen molar-refractivity contribution < 1.29 is 14.7 Å². The summed E-state index contributed by atoms with van der Waals surface area (Å²) in [5.74, 6) is 0.481. The highest BCUT2D eigenvalue weighted by atomic mass is 32.2. The van der Waals surface area contributed by atoms with Gasteiger partial charge in [-0.15, -0.1) is 11.8 Å². The van der Waals surface area contributed by atoms with Crippen molar-refractivity contribution in [1.82, 2.24) is 10.2 Å². The molecule has 1 aromatic carbocycles. The highest BCUT2D eigenvalue weighted by molar-refractivity contribution is 7.99. The van der Waals surface area contributed by atoms with Crippen molar-refractivity contribution in [3.63, 3.8) is 0 Å². The average Bonchev–Trinajstić information content (AvgIpc) is 3.10. The van der Waals surface area contributed by atoms with Gasteiger partial charge < -0.3 is 15.3 Å². The Morgan fingerprint density at radius 3 is 2.95 bits per heavy atom. The Labute approximate surface area is 134 Å². The van der Waals surface area contributed by atoms with Gasteiger partial charge in [0.15, 0.2) is 0 Å². The number of carboxylic acids is 1. The molecule has 0 aliphatic carbocycles. The second-order valence-corrected chi connectivity index (χ2v) is 7.33. The van der Waals surface area contributed by atoms with Crippen molar-refractivity contribution in [1.29, 1.82) is 0 Å². The summed E-state index contributed by atoms with van der Waals surface area (Å²) in [6, 6.07) is 8.13. The van der Waals surface area contributed by atoms with Gasteiger partial charge in [0.2, 0.25) is 0 Å². The van der Waals surface area contributed by atoms with Crippen LogP contribution >= 0.6 is 11.8 Å². The van der Waals surface area contributed by atoms with Gasteiger partial charge in [-0.3, -0.25) is 4.79 Å². The Kier molecular flexibility index (Phi) is 4.04. The van der Waals surface area contributed by atoms with Crippen LogP contribution in [0.3, 0.4) is 0 Å². The summed E-state index contributed by atoms with van der Waals surface area (Å²) < 4.78 is 0. The summed E-state index contributed by atoms with van der Waals surface area (Å²) in [6.45, 7) is 3.09. The molecule has 5 nitrogen and oxygen atoms in total. The fraction of sp³-hybridized carbons (Fsp3) is 0.500. The monoisotopic (exact) mass is 320 g/mol. The molecule has 0 spiro atoms. The fourth-order valence-corrected chi connectivity index (χ4v) is 4.28. The second kappa shape index (κ2) is 5.83. The molecule has 2 aliphatic rings. The largest absolute Gasteiger partial charge is 0.481 e. The zero-order valence-electron chi connectivity index (χ0n) is 12.5. The van der Waals surface area contributed by atoms with E-state index in [0.29, 0.717) is 25.4 Å². The molecule has 2 heterocycles. The molecule has 1 saturated heterocycles. The molecule has 118 valence electrons. The van der Waals surface area contributed by atoms with E-state index in [1.54, 1.807) is 11.8 Å². The maximum atomic E-state index is 12.2. The summed E-state index contributed by atoms with van der Waals surface area (Å²) in [7, 11) is 0. The van der Waals surface area contributed by atoms with Crippen molar-refractivity contribution >= 4 is 23.8 Å². The highest BCUT2D eigenvalue weighted by Gasteiger charge is 2.42. The van der Waals surface area contributed by atoms with E-state index in [0.717, 1.165) is 5.75 Å². The lowest BCUT2D eigenvalue weighted by Gasteiger charge is -2.21. The van der Waals surface area contributed by atoms with Crippen molar-refractivity contribution in [2.75, 3.05) is 25.4 Å². The van der Waals surface area contributed by atoms with Crippen LogP contribution in [0.15, 0.2) is 29.2 Å². The van der Waals surface area contributed by atoms with Crippen molar-refractivity contribution in [2.24, 2.45) is 5.41 Å². The summed E-state index contributed by atoms with van der Waals surface area (Å²) in [5, 5.41) is 12.2. The number of rotatable bonds is 3. The molecule has 2 atom stereocenters. The van der Waals surface area contributed by atoms with Crippen LogP contribution in [0.5, 0.6) is 0 Å². The molecule has 3 rings (SSSR count). The number of urea groups is 1. The van der Waals surface area contributed by atoms with Gasteiger partial charge in [-0.05, 0) is 25.0 Å². The number of benzene rings is 1. The Hall–Kier alpha value is -1.69. The minimum absolute atomic E-state index is 0.153. The highest BCUT2D eigenvalue weighted by Crippen LogP contribution is 2.38. The van der Waals surface area contributed by atoms with Crippen LogP contribution in [0.25, 0.3) is 0 Å². The van der Waals surface area contributed by atoms with Crippen LogP contribution in [-0.4, -0.2) is 47.4 Å². The quantitative estimate of drug-likeness (QED) is 0.897. The standard InChI is InChI=1S/C16H20N2O3S/c1-16(14(19)20)6-7-18(10-16)15(21)17-8-11-9-22-13-5-3-2-4-12(11)13/h2-5,11H,6-10H2,1H3,(H,17,21)(H,19,20). The average molecular weight is 320 g/mol. The molecule has 0 aromatic heterocycles. The van der Waals surface area contributed by atoms with E-state index in [9.17, 15) is 14.7 Å². The van der Waals surface area contributed by atoms with E-state index in [4.69, 9.17) is 0 Å². The smallest absolute Gasteiger partial charge is 0.317 e. The van der Waals surface area contributed by atoms with E-state index < -0.39 is 11.4 Å².